The molecule has 3 rings (SSSR count). The maximum atomic E-state index is 14.7. The highest BCUT2D eigenvalue weighted by molar-refractivity contribution is 5.89. The van der Waals surface area contributed by atoms with Crippen LogP contribution < -0.4 is 18.9 Å². The Morgan fingerprint density at radius 1 is 0.795 bits per heavy atom. The molecule has 0 unspecified atom stereocenters. The maximum Gasteiger partial charge on any atom is 0.338 e. The lowest BCUT2D eigenvalue weighted by molar-refractivity contribution is -0.135. The molecule has 0 fully saturated rings. The van der Waals surface area contributed by atoms with Crippen molar-refractivity contribution >= 4 is 23.9 Å². The monoisotopic (exact) mass is 532 g/mol. The molecule has 200 valence electrons. The first kappa shape index (κ1) is 28.5. The van der Waals surface area contributed by atoms with Crippen molar-refractivity contribution in [2.45, 2.75) is 26.7 Å². The van der Waals surface area contributed by atoms with E-state index >= 15 is 0 Å². The molecule has 3 aromatic carbocycles. The SMILES string of the molecule is C=CC(=O)Oc1ccc(CCC(=O)Oc2ccc(-c3ccc(OC(=O)C(=C)C)cc3)cc2F)cc1OC(C)=O. The minimum Gasteiger partial charge on any atom is -0.423 e. The van der Waals surface area contributed by atoms with Crippen LogP contribution in [-0.4, -0.2) is 23.9 Å². The first-order valence-electron chi connectivity index (χ1n) is 11.7. The van der Waals surface area contributed by atoms with Crippen molar-refractivity contribution in [3.8, 4) is 34.1 Å². The molecule has 0 atom stereocenters. The first-order valence-corrected chi connectivity index (χ1v) is 11.7. The summed E-state index contributed by atoms with van der Waals surface area (Å²) in [5.41, 5.74) is 2.05. The molecule has 0 amide bonds. The lowest BCUT2D eigenvalue weighted by Crippen LogP contribution is -2.11. The van der Waals surface area contributed by atoms with Crippen molar-refractivity contribution < 1.29 is 42.5 Å². The van der Waals surface area contributed by atoms with Gasteiger partial charge in [-0.05, 0) is 66.4 Å². The zero-order valence-corrected chi connectivity index (χ0v) is 21.3. The van der Waals surface area contributed by atoms with Gasteiger partial charge in [0, 0.05) is 25.0 Å². The average molecular weight is 533 g/mol. The summed E-state index contributed by atoms with van der Waals surface area (Å²) in [6.07, 6.45) is 1.05. The summed E-state index contributed by atoms with van der Waals surface area (Å²) in [7, 11) is 0. The Labute approximate surface area is 224 Å². The van der Waals surface area contributed by atoms with Crippen LogP contribution in [0.1, 0.15) is 25.8 Å². The van der Waals surface area contributed by atoms with Gasteiger partial charge in [0.25, 0.3) is 0 Å². The van der Waals surface area contributed by atoms with E-state index < -0.39 is 29.7 Å². The topological polar surface area (TPSA) is 105 Å². The van der Waals surface area contributed by atoms with Crippen molar-refractivity contribution in [2.75, 3.05) is 0 Å². The summed E-state index contributed by atoms with van der Waals surface area (Å²) in [5.74, 6) is -3.19. The number of hydrogen-bond donors (Lipinski definition) is 0. The van der Waals surface area contributed by atoms with Gasteiger partial charge < -0.3 is 18.9 Å². The minimum absolute atomic E-state index is 0.00668. The molecule has 0 spiro atoms. The molecule has 0 bridgehead atoms. The quantitative estimate of drug-likeness (QED) is 0.191. The van der Waals surface area contributed by atoms with Crippen LogP contribution in [0.3, 0.4) is 0 Å². The molecule has 0 radical (unpaired) electrons. The van der Waals surface area contributed by atoms with Crippen molar-refractivity contribution in [3.63, 3.8) is 0 Å². The number of hydrogen-bond acceptors (Lipinski definition) is 8. The summed E-state index contributed by atoms with van der Waals surface area (Å²) >= 11 is 0. The number of carbonyl (C=O) groups is 4. The van der Waals surface area contributed by atoms with E-state index in [1.165, 1.54) is 38.1 Å². The zero-order valence-electron chi connectivity index (χ0n) is 21.3. The normalized spacial score (nSPS) is 10.2. The highest BCUT2D eigenvalue weighted by Gasteiger charge is 2.15. The lowest BCUT2D eigenvalue weighted by atomic mass is 10.1. The van der Waals surface area contributed by atoms with Crippen LogP contribution in [0.2, 0.25) is 0 Å². The van der Waals surface area contributed by atoms with Gasteiger partial charge in [0.1, 0.15) is 5.75 Å². The third kappa shape index (κ3) is 8.22. The Morgan fingerprint density at radius 2 is 1.46 bits per heavy atom. The summed E-state index contributed by atoms with van der Waals surface area (Å²) in [6.45, 7) is 9.57. The van der Waals surface area contributed by atoms with E-state index in [-0.39, 0.29) is 35.7 Å². The molecular weight excluding hydrogens is 507 g/mol. The second-order valence-corrected chi connectivity index (χ2v) is 8.31. The number of esters is 4. The lowest BCUT2D eigenvalue weighted by Gasteiger charge is -2.11. The molecule has 39 heavy (non-hydrogen) atoms. The molecule has 0 heterocycles. The summed E-state index contributed by atoms with van der Waals surface area (Å²) in [4.78, 5) is 46.9. The van der Waals surface area contributed by atoms with Crippen molar-refractivity contribution in [1.29, 1.82) is 0 Å². The summed E-state index contributed by atoms with van der Waals surface area (Å²) in [5, 5.41) is 0. The van der Waals surface area contributed by atoms with E-state index in [9.17, 15) is 23.6 Å². The van der Waals surface area contributed by atoms with Gasteiger partial charge in [-0.2, -0.15) is 0 Å². The van der Waals surface area contributed by atoms with Gasteiger partial charge >= 0.3 is 23.9 Å². The molecule has 0 aliphatic rings. The molecule has 0 saturated carbocycles. The molecule has 0 aromatic heterocycles. The van der Waals surface area contributed by atoms with Gasteiger partial charge in [-0.3, -0.25) is 9.59 Å². The average Bonchev–Trinajstić information content (AvgIpc) is 2.89. The third-order valence-corrected chi connectivity index (χ3v) is 5.16. The maximum absolute atomic E-state index is 14.7. The Kier molecular flexibility index (Phi) is 9.48. The Hall–Kier alpha value is -5.05. The Morgan fingerprint density at radius 3 is 2.08 bits per heavy atom. The molecule has 0 saturated heterocycles. The van der Waals surface area contributed by atoms with Crippen LogP contribution in [0.15, 0.2) is 85.5 Å². The molecular formula is C30H25FO8. The summed E-state index contributed by atoms with van der Waals surface area (Å²) in [6, 6.07) is 15.1. The van der Waals surface area contributed by atoms with E-state index in [0.717, 1.165) is 6.08 Å². The van der Waals surface area contributed by atoms with Crippen LogP contribution in [0.4, 0.5) is 4.39 Å². The fourth-order valence-electron chi connectivity index (χ4n) is 3.27. The minimum atomic E-state index is -0.732. The first-order chi connectivity index (χ1) is 18.5. The molecule has 8 nitrogen and oxygen atoms in total. The predicted octanol–water partition coefficient (Wildman–Crippen LogP) is 5.53. The van der Waals surface area contributed by atoms with E-state index in [1.807, 2.05) is 0 Å². The highest BCUT2D eigenvalue weighted by atomic mass is 19.1. The van der Waals surface area contributed by atoms with Crippen LogP contribution in [0, 0.1) is 5.82 Å². The van der Waals surface area contributed by atoms with E-state index in [4.69, 9.17) is 18.9 Å². The molecule has 3 aromatic rings. The number of carbonyl (C=O) groups excluding carboxylic acids is 4. The van der Waals surface area contributed by atoms with Gasteiger partial charge in [-0.25, -0.2) is 14.0 Å². The second kappa shape index (κ2) is 13.0. The predicted molar refractivity (Wildman–Crippen MR) is 140 cm³/mol. The van der Waals surface area contributed by atoms with Gasteiger partial charge in [0.2, 0.25) is 0 Å². The van der Waals surface area contributed by atoms with Crippen LogP contribution >= 0.6 is 0 Å². The Balaban J connectivity index is 1.63. The fraction of sp³-hybridized carbons (Fsp3) is 0.133. The van der Waals surface area contributed by atoms with Crippen LogP contribution in [0.25, 0.3) is 11.1 Å². The largest absolute Gasteiger partial charge is 0.423 e. The standard InChI is InChI=1S/C30H25FO8/c1-5-28(33)39-26-13-6-20(16-27(26)36-19(4)32)7-15-29(34)38-25-14-10-22(17-24(25)31)21-8-11-23(12-9-21)37-30(35)18(2)3/h5-6,8-14,16-17H,1-2,7,15H2,3-4H3. The molecule has 0 aliphatic carbocycles. The molecule has 0 aliphatic heterocycles. The van der Waals surface area contributed by atoms with E-state index in [2.05, 4.69) is 13.2 Å². The zero-order chi connectivity index (χ0) is 28.5. The van der Waals surface area contributed by atoms with Gasteiger partial charge in [-0.15, -0.1) is 0 Å². The third-order valence-electron chi connectivity index (χ3n) is 5.16. The van der Waals surface area contributed by atoms with E-state index in [1.54, 1.807) is 36.4 Å². The van der Waals surface area contributed by atoms with Crippen LogP contribution in [-0.2, 0) is 25.6 Å². The van der Waals surface area contributed by atoms with E-state index in [0.29, 0.717) is 22.4 Å². The molecule has 9 heteroatoms. The smallest absolute Gasteiger partial charge is 0.338 e. The van der Waals surface area contributed by atoms with Gasteiger partial charge in [0.05, 0.1) is 0 Å². The number of benzene rings is 3. The fourth-order valence-corrected chi connectivity index (χ4v) is 3.27. The highest BCUT2D eigenvalue weighted by Crippen LogP contribution is 2.30. The summed E-state index contributed by atoms with van der Waals surface area (Å²) < 4.78 is 35.2. The van der Waals surface area contributed by atoms with Gasteiger partial charge in [0.15, 0.2) is 23.1 Å². The van der Waals surface area contributed by atoms with Crippen molar-refractivity contribution in [1.82, 2.24) is 0 Å². The number of aryl methyl sites for hydroxylation is 1. The number of rotatable bonds is 10. The van der Waals surface area contributed by atoms with Crippen LogP contribution in [0.5, 0.6) is 23.0 Å². The number of ether oxygens (including phenoxy) is 4. The van der Waals surface area contributed by atoms with Crippen molar-refractivity contribution in [3.05, 3.63) is 96.9 Å². The second-order valence-electron chi connectivity index (χ2n) is 8.31. The van der Waals surface area contributed by atoms with Gasteiger partial charge in [-0.1, -0.05) is 37.4 Å². The Bertz CT molecular complexity index is 1440. The molecule has 0 N–H and O–H groups in total. The number of halogens is 1. The van der Waals surface area contributed by atoms with Crippen molar-refractivity contribution in [2.24, 2.45) is 0 Å².